The van der Waals surface area contributed by atoms with Gasteiger partial charge in [0.25, 0.3) is 5.69 Å². The molecule has 168 valence electrons. The molecule has 0 bridgehead atoms. The van der Waals surface area contributed by atoms with Gasteiger partial charge < -0.3 is 24.1 Å². The van der Waals surface area contributed by atoms with Crippen molar-refractivity contribution in [3.05, 3.63) is 46.0 Å². The maximum absolute atomic E-state index is 11.1. The van der Waals surface area contributed by atoms with Crippen LogP contribution in [0.5, 0.6) is 0 Å². The van der Waals surface area contributed by atoms with Crippen LogP contribution in [0.4, 0.5) is 5.69 Å². The summed E-state index contributed by atoms with van der Waals surface area (Å²) < 4.78 is 25.1. The van der Waals surface area contributed by atoms with Crippen molar-refractivity contribution in [1.82, 2.24) is 14.8 Å². The SMILES string of the molecule is Cc1nc([C@@H](O)[C@H]2OC(C)(C)O[C@H]2[C@H]2COC(C)(C)O2)nn1-c1ccc([N+](=O)[O-])cc1. The predicted molar refractivity (Wildman–Crippen MR) is 106 cm³/mol. The number of hydrogen-bond donors (Lipinski definition) is 1. The van der Waals surface area contributed by atoms with E-state index in [2.05, 4.69) is 10.1 Å². The lowest BCUT2D eigenvalue weighted by Crippen LogP contribution is -2.41. The summed E-state index contributed by atoms with van der Waals surface area (Å²) in [5.74, 6) is -1.00. The molecule has 11 nitrogen and oxygen atoms in total. The Morgan fingerprint density at radius 1 is 1.16 bits per heavy atom. The highest BCUT2D eigenvalue weighted by Gasteiger charge is 2.53. The van der Waals surface area contributed by atoms with Gasteiger partial charge >= 0.3 is 0 Å². The first kappa shape index (κ1) is 21.8. The molecule has 0 spiro atoms. The molecule has 0 radical (unpaired) electrons. The Labute approximate surface area is 179 Å². The van der Waals surface area contributed by atoms with E-state index in [9.17, 15) is 15.2 Å². The molecular formula is C20H26N4O7. The van der Waals surface area contributed by atoms with Crippen LogP contribution in [0.15, 0.2) is 24.3 Å². The number of nitrogens with zero attached hydrogens (tertiary/aromatic N) is 4. The van der Waals surface area contributed by atoms with E-state index in [-0.39, 0.29) is 11.5 Å². The molecule has 2 saturated heterocycles. The van der Waals surface area contributed by atoms with Gasteiger partial charge in [-0.15, -0.1) is 5.10 Å². The molecule has 3 heterocycles. The van der Waals surface area contributed by atoms with Crippen LogP contribution in [-0.2, 0) is 18.9 Å². The minimum absolute atomic E-state index is 0.0231. The normalized spacial score (nSPS) is 28.0. The third kappa shape index (κ3) is 4.32. The zero-order chi connectivity index (χ0) is 22.6. The number of aromatic nitrogens is 3. The zero-order valence-electron chi connectivity index (χ0n) is 18.0. The van der Waals surface area contributed by atoms with Gasteiger partial charge in [-0.1, -0.05) is 0 Å². The van der Waals surface area contributed by atoms with Gasteiger partial charge in [-0.3, -0.25) is 10.1 Å². The van der Waals surface area contributed by atoms with Crippen LogP contribution in [0.25, 0.3) is 5.69 Å². The maximum atomic E-state index is 11.1. The lowest BCUT2D eigenvalue weighted by Gasteiger charge is -2.25. The number of aliphatic hydroxyl groups is 1. The molecule has 0 unspecified atom stereocenters. The van der Waals surface area contributed by atoms with Crippen LogP contribution in [0.3, 0.4) is 0 Å². The molecule has 2 aromatic rings. The number of rotatable bonds is 5. The Balaban J connectivity index is 1.59. The third-order valence-corrected chi connectivity index (χ3v) is 5.23. The number of nitro benzene ring substituents is 1. The molecule has 2 fully saturated rings. The predicted octanol–water partition coefficient (Wildman–Crippen LogP) is 2.19. The van der Waals surface area contributed by atoms with Crippen LogP contribution >= 0.6 is 0 Å². The monoisotopic (exact) mass is 434 g/mol. The van der Waals surface area contributed by atoms with Gasteiger partial charge in [-0.2, -0.15) is 0 Å². The number of non-ortho nitro benzene ring substituents is 1. The Bertz CT molecular complexity index is 972. The second kappa shape index (κ2) is 7.61. The first-order chi connectivity index (χ1) is 14.5. The smallest absolute Gasteiger partial charge is 0.269 e. The summed E-state index contributed by atoms with van der Waals surface area (Å²) in [6.45, 7) is 9.20. The number of benzene rings is 1. The van der Waals surface area contributed by atoms with Crippen molar-refractivity contribution in [3.63, 3.8) is 0 Å². The standard InChI is InChI=1S/C20H26N4O7/c1-11-21-18(22-23(11)12-6-8-13(9-7-12)24(26)27)15(25)17-16(30-20(4,5)31-17)14-10-28-19(2,3)29-14/h6-9,14-17,25H,10H2,1-5H3/t14-,15+,16+,17-/m1/s1. The first-order valence-corrected chi connectivity index (χ1v) is 10.00. The van der Waals surface area contributed by atoms with Crippen LogP contribution in [0.1, 0.15) is 45.4 Å². The number of aliphatic hydroxyl groups excluding tert-OH is 1. The third-order valence-electron chi connectivity index (χ3n) is 5.23. The van der Waals surface area contributed by atoms with Crippen molar-refractivity contribution < 1.29 is 29.0 Å². The summed E-state index contributed by atoms with van der Waals surface area (Å²) >= 11 is 0. The van der Waals surface area contributed by atoms with E-state index in [0.29, 0.717) is 18.1 Å². The van der Waals surface area contributed by atoms with Gasteiger partial charge in [-0.25, -0.2) is 9.67 Å². The number of ether oxygens (including phenoxy) is 4. The fourth-order valence-electron chi connectivity index (χ4n) is 3.87. The molecule has 1 aromatic heterocycles. The van der Waals surface area contributed by atoms with Crippen LogP contribution in [-0.4, -0.2) is 61.3 Å². The molecule has 1 aromatic carbocycles. The van der Waals surface area contributed by atoms with Crippen molar-refractivity contribution in [3.8, 4) is 5.69 Å². The van der Waals surface area contributed by atoms with Crippen molar-refractivity contribution in [1.29, 1.82) is 0 Å². The van der Waals surface area contributed by atoms with Crippen LogP contribution in [0.2, 0.25) is 0 Å². The van der Waals surface area contributed by atoms with Crippen molar-refractivity contribution in [2.75, 3.05) is 6.61 Å². The summed E-state index contributed by atoms with van der Waals surface area (Å²) in [7, 11) is 0. The summed E-state index contributed by atoms with van der Waals surface area (Å²) in [6.07, 6.45) is -2.96. The molecule has 2 aliphatic rings. The van der Waals surface area contributed by atoms with Crippen molar-refractivity contribution in [2.45, 2.75) is 70.6 Å². The largest absolute Gasteiger partial charge is 0.382 e. The van der Waals surface area contributed by atoms with E-state index >= 15 is 0 Å². The van der Waals surface area contributed by atoms with Gasteiger partial charge in [0.2, 0.25) is 0 Å². The minimum Gasteiger partial charge on any atom is -0.382 e. The van der Waals surface area contributed by atoms with E-state index in [1.54, 1.807) is 32.9 Å². The van der Waals surface area contributed by atoms with Crippen LogP contribution in [0, 0.1) is 17.0 Å². The van der Waals surface area contributed by atoms with Crippen LogP contribution < -0.4 is 0 Å². The van der Waals surface area contributed by atoms with Gasteiger partial charge in [0.1, 0.15) is 30.2 Å². The molecule has 0 amide bonds. The fraction of sp³-hybridized carbons (Fsp3) is 0.600. The molecule has 0 aliphatic carbocycles. The second-order valence-electron chi connectivity index (χ2n) is 8.58. The number of nitro groups is 1. The molecule has 4 rings (SSSR count). The molecular weight excluding hydrogens is 408 g/mol. The highest BCUT2D eigenvalue weighted by molar-refractivity contribution is 5.40. The summed E-state index contributed by atoms with van der Waals surface area (Å²) in [6, 6.07) is 5.92. The fourth-order valence-corrected chi connectivity index (χ4v) is 3.87. The maximum Gasteiger partial charge on any atom is 0.269 e. The molecule has 11 heteroatoms. The van der Waals surface area contributed by atoms with Gasteiger partial charge in [0.05, 0.1) is 17.2 Å². The zero-order valence-corrected chi connectivity index (χ0v) is 18.0. The molecule has 4 atom stereocenters. The highest BCUT2D eigenvalue weighted by atomic mass is 16.8. The lowest BCUT2D eigenvalue weighted by molar-refractivity contribution is -0.384. The summed E-state index contributed by atoms with van der Waals surface area (Å²) in [5, 5.41) is 26.4. The number of aryl methyl sites for hydroxylation is 1. The van der Waals surface area contributed by atoms with Gasteiger partial charge in [0, 0.05) is 12.1 Å². The van der Waals surface area contributed by atoms with E-state index in [0.717, 1.165) is 0 Å². The Kier molecular flexibility index (Phi) is 5.34. The molecule has 1 N–H and O–H groups in total. The first-order valence-electron chi connectivity index (χ1n) is 10.00. The van der Waals surface area contributed by atoms with E-state index in [4.69, 9.17) is 18.9 Å². The van der Waals surface area contributed by atoms with Crippen molar-refractivity contribution in [2.24, 2.45) is 0 Å². The second-order valence-corrected chi connectivity index (χ2v) is 8.58. The average molecular weight is 434 g/mol. The summed E-state index contributed by atoms with van der Waals surface area (Å²) in [5.41, 5.74) is 0.564. The van der Waals surface area contributed by atoms with E-state index < -0.39 is 40.9 Å². The average Bonchev–Trinajstić information content (AvgIpc) is 3.35. The quantitative estimate of drug-likeness (QED) is 0.555. The minimum atomic E-state index is -1.18. The molecule has 31 heavy (non-hydrogen) atoms. The van der Waals surface area contributed by atoms with E-state index in [1.807, 2.05) is 13.8 Å². The van der Waals surface area contributed by atoms with Gasteiger partial charge in [-0.05, 0) is 46.8 Å². The Morgan fingerprint density at radius 2 is 1.84 bits per heavy atom. The molecule has 2 aliphatic heterocycles. The van der Waals surface area contributed by atoms with E-state index in [1.165, 1.54) is 16.8 Å². The molecule has 0 saturated carbocycles. The number of hydrogen-bond acceptors (Lipinski definition) is 9. The summed E-state index contributed by atoms with van der Waals surface area (Å²) in [4.78, 5) is 14.8. The highest BCUT2D eigenvalue weighted by Crippen LogP contribution is 2.39. The van der Waals surface area contributed by atoms with Crippen molar-refractivity contribution >= 4 is 5.69 Å². The topological polar surface area (TPSA) is 131 Å². The van der Waals surface area contributed by atoms with Gasteiger partial charge in [0.15, 0.2) is 17.4 Å². The Morgan fingerprint density at radius 3 is 2.42 bits per heavy atom. The lowest BCUT2D eigenvalue weighted by atomic mass is 10.0. The Hall–Kier alpha value is -2.44.